The zero-order valence-electron chi connectivity index (χ0n) is 12.8. The molecule has 0 aliphatic rings. The number of anilines is 1. The van der Waals surface area contributed by atoms with Gasteiger partial charge >= 0.3 is 0 Å². The maximum absolute atomic E-state index is 12.5. The Kier molecular flexibility index (Phi) is 2.95. The van der Waals surface area contributed by atoms with Gasteiger partial charge in [-0.15, -0.1) is 5.10 Å². The summed E-state index contributed by atoms with van der Waals surface area (Å²) in [5.74, 6) is -0.747. The number of benzene rings is 1. The fraction of sp³-hybridized carbons (Fsp3) is 0.133. The van der Waals surface area contributed by atoms with Gasteiger partial charge in [-0.3, -0.25) is 14.9 Å². The molecule has 24 heavy (non-hydrogen) atoms. The molecule has 3 aromatic heterocycles. The van der Waals surface area contributed by atoms with E-state index in [2.05, 4.69) is 25.9 Å². The van der Waals surface area contributed by atoms with Crippen LogP contribution in [0.2, 0.25) is 0 Å². The van der Waals surface area contributed by atoms with Crippen LogP contribution in [0.3, 0.4) is 0 Å². The fourth-order valence-electron chi connectivity index (χ4n) is 2.72. The summed E-state index contributed by atoms with van der Waals surface area (Å²) in [5, 5.41) is 16.0. The van der Waals surface area contributed by atoms with E-state index in [0.29, 0.717) is 11.1 Å². The molecule has 0 atom stereocenters. The number of aromatic nitrogens is 5. The molecule has 4 rings (SSSR count). The van der Waals surface area contributed by atoms with E-state index in [-0.39, 0.29) is 17.1 Å². The molecule has 0 aliphatic carbocycles. The molecule has 9 nitrogen and oxygen atoms in total. The first-order valence-electron chi connectivity index (χ1n) is 7.12. The number of amides is 1. The first-order chi connectivity index (χ1) is 11.5. The summed E-state index contributed by atoms with van der Waals surface area (Å²) in [7, 11) is 1.79. The van der Waals surface area contributed by atoms with E-state index in [1.54, 1.807) is 11.6 Å². The largest absolute Gasteiger partial charge is 0.448 e. The van der Waals surface area contributed by atoms with Crippen LogP contribution >= 0.6 is 0 Å². The number of nitrogens with zero attached hydrogens (tertiary/aromatic N) is 4. The average molecular weight is 324 g/mol. The Bertz CT molecular complexity index is 1140. The molecule has 1 amide bonds. The van der Waals surface area contributed by atoms with Crippen LogP contribution in [-0.4, -0.2) is 31.1 Å². The van der Waals surface area contributed by atoms with Gasteiger partial charge in [0.05, 0.1) is 5.52 Å². The van der Waals surface area contributed by atoms with E-state index in [1.165, 1.54) is 0 Å². The van der Waals surface area contributed by atoms with E-state index in [4.69, 9.17) is 4.42 Å². The van der Waals surface area contributed by atoms with Gasteiger partial charge in [-0.05, 0) is 24.3 Å². The number of rotatable bonds is 2. The van der Waals surface area contributed by atoms with Crippen molar-refractivity contribution in [3.05, 3.63) is 45.8 Å². The first kappa shape index (κ1) is 14.1. The van der Waals surface area contributed by atoms with Crippen molar-refractivity contribution in [1.82, 2.24) is 25.2 Å². The number of carbonyl (C=O) groups excluding carboxylic acids is 1. The minimum absolute atomic E-state index is 0.00323. The lowest BCUT2D eigenvalue weighted by Crippen LogP contribution is -2.16. The Morgan fingerprint density at radius 2 is 2.17 bits per heavy atom. The van der Waals surface area contributed by atoms with Crippen LogP contribution in [0.4, 0.5) is 5.95 Å². The van der Waals surface area contributed by atoms with E-state index in [9.17, 15) is 9.59 Å². The summed E-state index contributed by atoms with van der Waals surface area (Å²) in [6, 6.07) is 6.94. The predicted octanol–water partition coefficient (Wildman–Crippen LogP) is 1.36. The van der Waals surface area contributed by atoms with E-state index >= 15 is 0 Å². The Labute approximate surface area is 134 Å². The lowest BCUT2D eigenvalue weighted by molar-refractivity contribution is 0.0996. The fourth-order valence-corrected chi connectivity index (χ4v) is 2.72. The SMILES string of the molecule is Cc1ccc2c(c1)c1oc(C(=O)Nc3nn[nH]n3)cc(=O)c1n2C. The highest BCUT2D eigenvalue weighted by Crippen LogP contribution is 2.27. The minimum atomic E-state index is -0.625. The number of hydrogen-bond donors (Lipinski definition) is 2. The van der Waals surface area contributed by atoms with Gasteiger partial charge in [0.15, 0.2) is 11.3 Å². The first-order valence-corrected chi connectivity index (χ1v) is 7.12. The number of hydrogen-bond acceptors (Lipinski definition) is 6. The quantitative estimate of drug-likeness (QED) is 0.574. The molecule has 1 aromatic carbocycles. The molecule has 0 fully saturated rings. The van der Waals surface area contributed by atoms with Gasteiger partial charge in [0, 0.05) is 18.5 Å². The maximum Gasteiger partial charge on any atom is 0.293 e. The zero-order chi connectivity index (χ0) is 16.8. The second-order valence-electron chi connectivity index (χ2n) is 5.42. The van der Waals surface area contributed by atoms with Gasteiger partial charge in [0.1, 0.15) is 5.52 Å². The molecule has 2 N–H and O–H groups in total. The minimum Gasteiger partial charge on any atom is -0.448 e. The molecule has 0 saturated heterocycles. The van der Waals surface area contributed by atoms with Crippen LogP contribution in [0, 0.1) is 6.92 Å². The van der Waals surface area contributed by atoms with Gasteiger partial charge in [0.25, 0.3) is 11.9 Å². The van der Waals surface area contributed by atoms with Gasteiger partial charge in [0.2, 0.25) is 5.43 Å². The molecule has 120 valence electrons. The number of H-pyrrole nitrogens is 1. The highest BCUT2D eigenvalue weighted by molar-refractivity contribution is 6.07. The lowest BCUT2D eigenvalue weighted by Gasteiger charge is -2.01. The summed E-state index contributed by atoms with van der Waals surface area (Å²) in [4.78, 5) is 24.7. The maximum atomic E-state index is 12.5. The van der Waals surface area contributed by atoms with Crippen LogP contribution in [0.15, 0.2) is 33.5 Å². The Morgan fingerprint density at radius 3 is 2.92 bits per heavy atom. The van der Waals surface area contributed by atoms with Crippen molar-refractivity contribution in [3.63, 3.8) is 0 Å². The summed E-state index contributed by atoms with van der Waals surface area (Å²) in [5.41, 5.74) is 2.37. The number of nitrogens with one attached hydrogen (secondary N) is 2. The monoisotopic (exact) mass is 324 g/mol. The van der Waals surface area contributed by atoms with Crippen LogP contribution in [-0.2, 0) is 7.05 Å². The molecule has 4 aromatic rings. The highest BCUT2D eigenvalue weighted by atomic mass is 16.3. The molecule has 0 spiro atoms. The number of aryl methyl sites for hydroxylation is 2. The van der Waals surface area contributed by atoms with Gasteiger partial charge in [-0.1, -0.05) is 16.7 Å². The third-order valence-electron chi connectivity index (χ3n) is 3.81. The van der Waals surface area contributed by atoms with E-state index < -0.39 is 5.91 Å². The predicted molar refractivity (Wildman–Crippen MR) is 85.8 cm³/mol. The van der Waals surface area contributed by atoms with Crippen LogP contribution in [0.1, 0.15) is 16.1 Å². The van der Waals surface area contributed by atoms with E-state index in [0.717, 1.165) is 22.5 Å². The number of fused-ring (bicyclic) bond motifs is 3. The Morgan fingerprint density at radius 1 is 1.33 bits per heavy atom. The van der Waals surface area contributed by atoms with Crippen molar-refractivity contribution >= 4 is 33.9 Å². The molecule has 0 aliphatic heterocycles. The molecule has 0 saturated carbocycles. The third kappa shape index (κ3) is 2.06. The van der Waals surface area contributed by atoms with Crippen molar-refractivity contribution in [2.75, 3.05) is 5.32 Å². The normalized spacial score (nSPS) is 11.2. The van der Waals surface area contributed by atoms with E-state index in [1.807, 2.05) is 25.1 Å². The smallest absolute Gasteiger partial charge is 0.293 e. The molecular weight excluding hydrogens is 312 g/mol. The lowest BCUT2D eigenvalue weighted by atomic mass is 10.2. The van der Waals surface area contributed by atoms with Crippen LogP contribution in [0.25, 0.3) is 22.0 Å². The van der Waals surface area contributed by atoms with Crippen LogP contribution in [0.5, 0.6) is 0 Å². The number of carbonyl (C=O) groups is 1. The topological polar surface area (TPSA) is 119 Å². The zero-order valence-corrected chi connectivity index (χ0v) is 12.8. The molecule has 3 heterocycles. The standard InChI is InChI=1S/C15H12N6O3/c1-7-3-4-9-8(5-7)13-12(21(9)2)10(22)6-11(24-13)14(23)16-15-17-19-20-18-15/h3-6H,1-2H3,(H2,16,17,18,19,20,23). The Hall–Kier alpha value is -3.49. The average Bonchev–Trinajstić information content (AvgIpc) is 3.15. The van der Waals surface area contributed by atoms with Gasteiger partial charge < -0.3 is 8.98 Å². The van der Waals surface area contributed by atoms with Crippen molar-refractivity contribution in [2.24, 2.45) is 7.05 Å². The second-order valence-corrected chi connectivity index (χ2v) is 5.42. The van der Waals surface area contributed by atoms with Crippen molar-refractivity contribution < 1.29 is 9.21 Å². The summed E-state index contributed by atoms with van der Waals surface area (Å²) in [6.07, 6.45) is 0. The second kappa shape index (κ2) is 5.01. The molecular formula is C15H12N6O3. The summed E-state index contributed by atoms with van der Waals surface area (Å²) >= 11 is 0. The number of aromatic amines is 1. The summed E-state index contributed by atoms with van der Waals surface area (Å²) < 4.78 is 7.48. The summed E-state index contributed by atoms with van der Waals surface area (Å²) in [6.45, 7) is 1.95. The number of tetrazole rings is 1. The molecule has 0 bridgehead atoms. The van der Waals surface area contributed by atoms with Crippen molar-refractivity contribution in [1.29, 1.82) is 0 Å². The van der Waals surface area contributed by atoms with Gasteiger partial charge in [-0.2, -0.15) is 5.21 Å². The Balaban J connectivity index is 1.93. The van der Waals surface area contributed by atoms with Crippen molar-refractivity contribution in [2.45, 2.75) is 6.92 Å². The highest BCUT2D eigenvalue weighted by Gasteiger charge is 2.19. The molecule has 0 radical (unpaired) electrons. The molecule has 9 heteroatoms. The third-order valence-corrected chi connectivity index (χ3v) is 3.81. The van der Waals surface area contributed by atoms with Gasteiger partial charge in [-0.25, -0.2) is 0 Å². The van der Waals surface area contributed by atoms with Crippen LogP contribution < -0.4 is 10.7 Å². The van der Waals surface area contributed by atoms with Crippen molar-refractivity contribution in [3.8, 4) is 0 Å². The molecule has 0 unspecified atom stereocenters.